The second-order valence-corrected chi connectivity index (χ2v) is 5.07. The molecule has 112 valence electrons. The van der Waals surface area contributed by atoms with Crippen LogP contribution in [-0.4, -0.2) is 6.54 Å². The summed E-state index contributed by atoms with van der Waals surface area (Å²) < 4.78 is 27.5. The van der Waals surface area contributed by atoms with Crippen molar-refractivity contribution in [1.82, 2.24) is 0 Å². The first kappa shape index (κ1) is 15.6. The van der Waals surface area contributed by atoms with Crippen molar-refractivity contribution in [2.75, 3.05) is 17.2 Å². The Morgan fingerprint density at radius 1 is 1.05 bits per heavy atom. The highest BCUT2D eigenvalue weighted by Gasteiger charge is 2.21. The lowest BCUT2D eigenvalue weighted by atomic mass is 9.99. The summed E-state index contributed by atoms with van der Waals surface area (Å²) in [4.78, 5) is 2.00. The van der Waals surface area contributed by atoms with Crippen molar-refractivity contribution in [1.29, 1.82) is 0 Å². The molecule has 2 N–H and O–H groups in total. The first-order valence-electron chi connectivity index (χ1n) is 6.72. The Hall–Kier alpha value is -1.81. The Morgan fingerprint density at radius 3 is 2.43 bits per heavy atom. The third-order valence-electron chi connectivity index (χ3n) is 3.79. The van der Waals surface area contributed by atoms with E-state index in [2.05, 4.69) is 0 Å². The van der Waals surface area contributed by atoms with E-state index in [1.165, 1.54) is 18.2 Å². The van der Waals surface area contributed by atoms with E-state index >= 15 is 0 Å². The van der Waals surface area contributed by atoms with Crippen molar-refractivity contribution in [3.63, 3.8) is 0 Å². The van der Waals surface area contributed by atoms with Crippen LogP contribution in [0.3, 0.4) is 0 Å². The van der Waals surface area contributed by atoms with Gasteiger partial charge in [0.15, 0.2) is 0 Å². The summed E-state index contributed by atoms with van der Waals surface area (Å²) in [6.07, 6.45) is 1.86. The van der Waals surface area contributed by atoms with Crippen LogP contribution in [0.5, 0.6) is 0 Å². The van der Waals surface area contributed by atoms with Crippen LogP contribution in [0, 0.1) is 11.6 Å². The summed E-state index contributed by atoms with van der Waals surface area (Å²) in [5.74, 6) is -0.998. The van der Waals surface area contributed by atoms with Gasteiger partial charge in [0.05, 0.1) is 0 Å². The average molecular weight is 311 g/mol. The Bertz CT molecular complexity index is 626. The number of hydrogen-bond acceptors (Lipinski definition) is 2. The van der Waals surface area contributed by atoms with Gasteiger partial charge in [-0.1, -0.05) is 12.1 Å². The zero-order chi connectivity index (χ0) is 14.1. The summed E-state index contributed by atoms with van der Waals surface area (Å²) in [6.45, 7) is 1.01. The molecule has 0 saturated heterocycles. The zero-order valence-electron chi connectivity index (χ0n) is 11.5. The van der Waals surface area contributed by atoms with Crippen LogP contribution in [0.25, 0.3) is 0 Å². The van der Waals surface area contributed by atoms with Gasteiger partial charge in [-0.2, -0.15) is 0 Å². The number of halogens is 3. The monoisotopic (exact) mass is 310 g/mol. The highest BCUT2D eigenvalue weighted by atomic mass is 35.5. The molecule has 5 heteroatoms. The van der Waals surface area contributed by atoms with Gasteiger partial charge in [-0.3, -0.25) is 0 Å². The molecule has 1 aliphatic rings. The molecule has 1 aliphatic heterocycles. The van der Waals surface area contributed by atoms with Crippen LogP contribution >= 0.6 is 12.4 Å². The smallest absolute Gasteiger partial charge is 0.131 e. The summed E-state index contributed by atoms with van der Waals surface area (Å²) in [6, 6.07) is 9.68. The van der Waals surface area contributed by atoms with Gasteiger partial charge >= 0.3 is 0 Å². The molecule has 1 heterocycles. The number of nitrogens with zero attached hydrogens (tertiary/aromatic N) is 1. The van der Waals surface area contributed by atoms with Gasteiger partial charge in [-0.25, -0.2) is 8.78 Å². The fourth-order valence-corrected chi connectivity index (χ4v) is 2.77. The summed E-state index contributed by atoms with van der Waals surface area (Å²) in [5.41, 5.74) is 8.91. The Morgan fingerprint density at radius 2 is 1.71 bits per heavy atom. The van der Waals surface area contributed by atoms with Crippen molar-refractivity contribution in [2.24, 2.45) is 0 Å². The number of hydrogen-bond donors (Lipinski definition) is 1. The van der Waals surface area contributed by atoms with Crippen molar-refractivity contribution >= 4 is 23.8 Å². The van der Waals surface area contributed by atoms with Crippen molar-refractivity contribution in [3.8, 4) is 0 Å². The maximum atomic E-state index is 13.8. The number of benzene rings is 2. The molecule has 2 nitrogen and oxygen atoms in total. The molecule has 0 amide bonds. The Labute approximate surface area is 129 Å². The van der Waals surface area contributed by atoms with E-state index in [0.29, 0.717) is 0 Å². The van der Waals surface area contributed by atoms with E-state index in [1.807, 2.05) is 23.1 Å². The molecule has 2 aromatic carbocycles. The average Bonchev–Trinajstić information content (AvgIpc) is 2.44. The van der Waals surface area contributed by atoms with Crippen molar-refractivity contribution in [2.45, 2.75) is 19.4 Å². The minimum atomic E-state index is -0.499. The molecule has 0 bridgehead atoms. The SMILES string of the molecule is Cl.Nc1cccc2c1CCCN2Cc1c(F)cccc1F. The summed E-state index contributed by atoms with van der Waals surface area (Å²) in [5, 5.41) is 0. The van der Waals surface area contributed by atoms with Gasteiger partial charge in [-0.15, -0.1) is 12.4 Å². The lowest BCUT2D eigenvalue weighted by Crippen LogP contribution is -2.30. The maximum Gasteiger partial charge on any atom is 0.131 e. The molecule has 0 aromatic heterocycles. The molecule has 3 rings (SSSR count). The van der Waals surface area contributed by atoms with E-state index in [-0.39, 0.29) is 24.5 Å². The van der Waals surface area contributed by atoms with Crippen molar-refractivity contribution < 1.29 is 8.78 Å². The largest absolute Gasteiger partial charge is 0.398 e. The first-order chi connectivity index (χ1) is 9.66. The molecule has 0 atom stereocenters. The molecular weight excluding hydrogens is 294 g/mol. The second-order valence-electron chi connectivity index (χ2n) is 5.07. The molecule has 0 spiro atoms. The quantitative estimate of drug-likeness (QED) is 0.852. The number of rotatable bonds is 2. The van der Waals surface area contributed by atoms with Gasteiger partial charge in [0.2, 0.25) is 0 Å². The van der Waals surface area contributed by atoms with Crippen LogP contribution < -0.4 is 10.6 Å². The van der Waals surface area contributed by atoms with E-state index in [9.17, 15) is 8.78 Å². The van der Waals surface area contributed by atoms with Crippen LogP contribution in [0.15, 0.2) is 36.4 Å². The normalized spacial score (nSPS) is 13.5. The zero-order valence-corrected chi connectivity index (χ0v) is 12.3. The number of nitrogens with two attached hydrogens (primary N) is 1. The molecular formula is C16H17ClF2N2. The van der Waals surface area contributed by atoms with Crippen LogP contribution in [0.4, 0.5) is 20.2 Å². The Kier molecular flexibility index (Phi) is 4.68. The second kappa shape index (κ2) is 6.31. The van der Waals surface area contributed by atoms with E-state index in [0.717, 1.165) is 36.3 Å². The van der Waals surface area contributed by atoms with Gasteiger partial charge in [0.1, 0.15) is 11.6 Å². The predicted octanol–water partition coefficient (Wildman–Crippen LogP) is 3.92. The molecule has 0 radical (unpaired) electrons. The molecule has 21 heavy (non-hydrogen) atoms. The van der Waals surface area contributed by atoms with Gasteiger partial charge < -0.3 is 10.6 Å². The molecule has 0 aliphatic carbocycles. The standard InChI is InChI=1S/C16H16F2N2.ClH/c17-13-5-1-6-14(18)12(13)10-20-9-3-4-11-15(19)7-2-8-16(11)20;/h1-2,5-8H,3-4,9-10,19H2;1H. The molecule has 0 unspecified atom stereocenters. The number of fused-ring (bicyclic) bond motifs is 1. The fraction of sp³-hybridized carbons (Fsp3) is 0.250. The predicted molar refractivity (Wildman–Crippen MR) is 83.8 cm³/mol. The third-order valence-corrected chi connectivity index (χ3v) is 3.79. The van der Waals surface area contributed by atoms with Crippen LogP contribution in [-0.2, 0) is 13.0 Å². The van der Waals surface area contributed by atoms with E-state index < -0.39 is 11.6 Å². The minimum absolute atomic E-state index is 0. The molecule has 2 aromatic rings. The van der Waals surface area contributed by atoms with Gasteiger partial charge in [0, 0.05) is 30.0 Å². The Balaban J connectivity index is 0.00000161. The van der Waals surface area contributed by atoms with E-state index in [4.69, 9.17) is 5.73 Å². The summed E-state index contributed by atoms with van der Waals surface area (Å²) in [7, 11) is 0. The van der Waals surface area contributed by atoms with Crippen LogP contribution in [0.2, 0.25) is 0 Å². The maximum absolute atomic E-state index is 13.8. The highest BCUT2D eigenvalue weighted by molar-refractivity contribution is 5.85. The van der Waals surface area contributed by atoms with E-state index in [1.54, 1.807) is 0 Å². The number of nitrogen functional groups attached to an aromatic ring is 1. The molecule has 0 saturated carbocycles. The van der Waals surface area contributed by atoms with Gasteiger partial charge in [0.25, 0.3) is 0 Å². The third kappa shape index (κ3) is 2.95. The lowest BCUT2D eigenvalue weighted by molar-refractivity contribution is 0.546. The highest BCUT2D eigenvalue weighted by Crippen LogP contribution is 2.32. The van der Waals surface area contributed by atoms with Crippen LogP contribution in [0.1, 0.15) is 17.5 Å². The van der Waals surface area contributed by atoms with Gasteiger partial charge in [-0.05, 0) is 42.7 Å². The lowest BCUT2D eigenvalue weighted by Gasteiger charge is -2.32. The molecule has 0 fully saturated rings. The minimum Gasteiger partial charge on any atom is -0.398 e. The topological polar surface area (TPSA) is 29.3 Å². The fourth-order valence-electron chi connectivity index (χ4n) is 2.77. The first-order valence-corrected chi connectivity index (χ1v) is 6.72. The number of anilines is 2. The summed E-state index contributed by atoms with van der Waals surface area (Å²) >= 11 is 0. The van der Waals surface area contributed by atoms with Crippen molar-refractivity contribution in [3.05, 3.63) is 59.2 Å².